The molecule has 176 valence electrons. The quantitative estimate of drug-likeness (QED) is 0.516. The zero-order chi connectivity index (χ0) is 23.3. The van der Waals surface area contributed by atoms with Crippen molar-refractivity contribution in [1.29, 1.82) is 0 Å². The fourth-order valence-electron chi connectivity index (χ4n) is 4.22. The van der Waals surface area contributed by atoms with Gasteiger partial charge in [-0.15, -0.1) is 0 Å². The third kappa shape index (κ3) is 5.16. The first-order valence-electron chi connectivity index (χ1n) is 11.5. The normalized spacial score (nSPS) is 18.0. The Hall–Kier alpha value is -3.56. The van der Waals surface area contributed by atoms with E-state index in [1.165, 1.54) is 6.07 Å². The van der Waals surface area contributed by atoms with Gasteiger partial charge in [0.2, 0.25) is 11.9 Å². The van der Waals surface area contributed by atoms with E-state index in [0.717, 1.165) is 36.3 Å². The first kappa shape index (κ1) is 22.2. The zero-order valence-electron chi connectivity index (χ0n) is 18.8. The van der Waals surface area contributed by atoms with Crippen LogP contribution in [0.15, 0.2) is 54.7 Å². The van der Waals surface area contributed by atoms with Crippen molar-refractivity contribution in [1.82, 2.24) is 15.3 Å². The van der Waals surface area contributed by atoms with Crippen LogP contribution in [0, 0.1) is 5.82 Å². The Kier molecular flexibility index (Phi) is 6.64. The third-order valence-corrected chi connectivity index (χ3v) is 6.04. The van der Waals surface area contributed by atoms with Gasteiger partial charge in [-0.3, -0.25) is 4.79 Å². The Labute approximate surface area is 197 Å². The van der Waals surface area contributed by atoms with Gasteiger partial charge in [-0.1, -0.05) is 12.1 Å². The highest BCUT2D eigenvalue weighted by Crippen LogP contribution is 2.26. The number of anilines is 4. The number of halogens is 1. The maximum absolute atomic E-state index is 14.7. The van der Waals surface area contributed by atoms with Crippen molar-refractivity contribution in [3.8, 4) is 11.3 Å². The fraction of sp³-hybridized carbons (Fsp3) is 0.320. The van der Waals surface area contributed by atoms with Gasteiger partial charge < -0.3 is 25.6 Å². The molecular weight excluding hydrogens is 435 g/mol. The molecular formula is C25H27FN6O2. The molecule has 9 heteroatoms. The molecule has 0 radical (unpaired) electrons. The highest BCUT2D eigenvalue weighted by molar-refractivity contribution is 5.95. The zero-order valence-corrected chi connectivity index (χ0v) is 18.8. The van der Waals surface area contributed by atoms with Crippen LogP contribution in [-0.2, 0) is 9.53 Å². The molecule has 3 aromatic rings. The second kappa shape index (κ2) is 10.1. The van der Waals surface area contributed by atoms with Crippen molar-refractivity contribution in [2.75, 3.05) is 48.4 Å². The van der Waals surface area contributed by atoms with Crippen molar-refractivity contribution >= 4 is 28.9 Å². The average Bonchev–Trinajstić information content (AvgIpc) is 3.41. The number of hydrogen-bond acceptors (Lipinski definition) is 7. The van der Waals surface area contributed by atoms with Crippen LogP contribution in [0.5, 0.6) is 0 Å². The minimum Gasteiger partial charge on any atom is -0.378 e. The molecule has 0 aliphatic carbocycles. The molecule has 1 amide bonds. The van der Waals surface area contributed by atoms with Crippen molar-refractivity contribution in [2.45, 2.75) is 18.9 Å². The van der Waals surface area contributed by atoms with Gasteiger partial charge in [0, 0.05) is 36.2 Å². The summed E-state index contributed by atoms with van der Waals surface area (Å²) in [6.07, 6.45) is 3.54. The number of carbonyl (C=O) groups is 1. The Morgan fingerprint density at radius 1 is 1.09 bits per heavy atom. The molecule has 3 heterocycles. The van der Waals surface area contributed by atoms with Gasteiger partial charge in [0.1, 0.15) is 5.82 Å². The molecule has 2 aliphatic heterocycles. The average molecular weight is 463 g/mol. The molecule has 1 atom stereocenters. The number of rotatable bonds is 6. The summed E-state index contributed by atoms with van der Waals surface area (Å²) in [7, 11) is 0. The predicted molar refractivity (Wildman–Crippen MR) is 130 cm³/mol. The van der Waals surface area contributed by atoms with E-state index in [-0.39, 0.29) is 17.8 Å². The summed E-state index contributed by atoms with van der Waals surface area (Å²) in [6, 6.07) is 14.3. The van der Waals surface area contributed by atoms with Gasteiger partial charge >= 0.3 is 0 Å². The van der Waals surface area contributed by atoms with Gasteiger partial charge in [-0.05, 0) is 55.8 Å². The molecule has 0 spiro atoms. The summed E-state index contributed by atoms with van der Waals surface area (Å²) in [5, 5.41) is 9.23. The Bertz CT molecular complexity index is 1140. The molecule has 2 aromatic carbocycles. The van der Waals surface area contributed by atoms with Gasteiger partial charge in [-0.2, -0.15) is 0 Å². The molecule has 34 heavy (non-hydrogen) atoms. The minimum absolute atomic E-state index is 0.00866. The molecule has 0 unspecified atom stereocenters. The second-order valence-corrected chi connectivity index (χ2v) is 8.37. The molecule has 1 aromatic heterocycles. The maximum atomic E-state index is 14.7. The topological polar surface area (TPSA) is 91.4 Å². The Morgan fingerprint density at radius 2 is 1.88 bits per heavy atom. The maximum Gasteiger partial charge on any atom is 0.241 e. The Morgan fingerprint density at radius 3 is 2.62 bits per heavy atom. The van der Waals surface area contributed by atoms with Crippen LogP contribution in [0.4, 0.5) is 27.4 Å². The van der Waals surface area contributed by atoms with E-state index in [9.17, 15) is 9.18 Å². The monoisotopic (exact) mass is 462 g/mol. The molecule has 0 saturated carbocycles. The lowest BCUT2D eigenvalue weighted by Gasteiger charge is -2.29. The van der Waals surface area contributed by atoms with E-state index in [1.807, 2.05) is 41.3 Å². The number of benzene rings is 2. The number of amides is 1. The molecule has 5 rings (SSSR count). The first-order chi connectivity index (χ1) is 16.7. The van der Waals surface area contributed by atoms with Crippen LogP contribution in [0.3, 0.4) is 0 Å². The largest absolute Gasteiger partial charge is 0.378 e. The summed E-state index contributed by atoms with van der Waals surface area (Å²) >= 11 is 0. The van der Waals surface area contributed by atoms with E-state index in [0.29, 0.717) is 43.6 Å². The molecule has 2 fully saturated rings. The highest BCUT2D eigenvalue weighted by Gasteiger charge is 2.22. The first-order valence-corrected chi connectivity index (χ1v) is 11.5. The highest BCUT2D eigenvalue weighted by atomic mass is 19.1. The van der Waals surface area contributed by atoms with Crippen molar-refractivity contribution in [2.24, 2.45) is 0 Å². The van der Waals surface area contributed by atoms with Crippen molar-refractivity contribution in [3.05, 3.63) is 60.5 Å². The summed E-state index contributed by atoms with van der Waals surface area (Å²) < 4.78 is 20.1. The number of hydrogen-bond donors (Lipinski definition) is 3. The minimum atomic E-state index is -0.298. The summed E-state index contributed by atoms with van der Waals surface area (Å²) in [4.78, 5) is 23.1. The van der Waals surface area contributed by atoms with Crippen LogP contribution in [0.2, 0.25) is 0 Å². The number of aromatic nitrogens is 2. The Balaban J connectivity index is 1.25. The van der Waals surface area contributed by atoms with Crippen molar-refractivity contribution < 1.29 is 13.9 Å². The summed E-state index contributed by atoms with van der Waals surface area (Å²) in [6.45, 7) is 3.44. The fourth-order valence-corrected chi connectivity index (χ4v) is 4.22. The van der Waals surface area contributed by atoms with Crippen LogP contribution in [-0.4, -0.2) is 54.8 Å². The van der Waals surface area contributed by atoms with Crippen LogP contribution >= 0.6 is 0 Å². The molecule has 8 nitrogen and oxygen atoms in total. The summed E-state index contributed by atoms with van der Waals surface area (Å²) in [5.41, 5.74) is 3.49. The summed E-state index contributed by atoms with van der Waals surface area (Å²) in [5.74, 6) is 0.0693. The number of nitrogens with zero attached hydrogens (tertiary/aromatic N) is 3. The number of nitrogens with one attached hydrogen (secondary N) is 3. The predicted octanol–water partition coefficient (Wildman–Crippen LogP) is 3.55. The SMILES string of the molecule is O=C(Nc1ccc(-c2ccnc(Nc3ccc(N4CCOCC4)c(F)c3)n2)cc1)[C@@H]1CCCN1. The van der Waals surface area contributed by atoms with Gasteiger partial charge in [0.25, 0.3) is 0 Å². The standard InChI is InChI=1S/C25H27FN6O2/c26-20-16-19(7-8-23(20)32-12-14-34-15-13-32)30-25-28-11-9-21(31-25)17-3-5-18(6-4-17)29-24(33)22-2-1-10-27-22/h3-9,11,16,22,27H,1-2,10,12-15H2,(H,29,33)(H,28,30,31)/t22-/m0/s1. The van der Waals surface area contributed by atoms with Crippen LogP contribution < -0.4 is 20.9 Å². The van der Waals surface area contributed by atoms with E-state index >= 15 is 0 Å². The lowest BCUT2D eigenvalue weighted by molar-refractivity contribution is -0.117. The van der Waals surface area contributed by atoms with E-state index in [4.69, 9.17) is 4.74 Å². The molecule has 0 bridgehead atoms. The van der Waals surface area contributed by atoms with Gasteiger partial charge in [-0.25, -0.2) is 14.4 Å². The number of ether oxygens (including phenoxy) is 1. The molecule has 3 N–H and O–H groups in total. The van der Waals surface area contributed by atoms with E-state index < -0.39 is 0 Å². The van der Waals surface area contributed by atoms with Gasteiger partial charge in [0.15, 0.2) is 0 Å². The third-order valence-electron chi connectivity index (χ3n) is 6.04. The lowest BCUT2D eigenvalue weighted by atomic mass is 10.1. The van der Waals surface area contributed by atoms with Gasteiger partial charge in [0.05, 0.1) is 30.6 Å². The smallest absolute Gasteiger partial charge is 0.241 e. The van der Waals surface area contributed by atoms with Crippen LogP contribution in [0.1, 0.15) is 12.8 Å². The lowest BCUT2D eigenvalue weighted by Crippen LogP contribution is -2.36. The molecule has 2 aliphatic rings. The van der Waals surface area contributed by atoms with E-state index in [2.05, 4.69) is 25.9 Å². The van der Waals surface area contributed by atoms with Crippen LogP contribution in [0.25, 0.3) is 11.3 Å². The number of carbonyl (C=O) groups excluding carboxylic acids is 1. The van der Waals surface area contributed by atoms with E-state index in [1.54, 1.807) is 12.3 Å². The van der Waals surface area contributed by atoms with Crippen molar-refractivity contribution in [3.63, 3.8) is 0 Å². The number of morpholine rings is 1. The molecule has 2 saturated heterocycles. The second-order valence-electron chi connectivity index (χ2n) is 8.37.